The zero-order chi connectivity index (χ0) is 22.6. The van der Waals surface area contributed by atoms with Gasteiger partial charge >= 0.3 is 0 Å². The molecular weight excluding hydrogens is 461 g/mol. The number of carbonyl (C=O) groups excluding carboxylic acids is 2. The van der Waals surface area contributed by atoms with Crippen LogP contribution in [0.2, 0.25) is 10.0 Å². The van der Waals surface area contributed by atoms with Gasteiger partial charge in [-0.3, -0.25) is 13.9 Å². The summed E-state index contributed by atoms with van der Waals surface area (Å²) in [4.78, 5) is 26.1. The third kappa shape index (κ3) is 6.12. The van der Waals surface area contributed by atoms with E-state index in [1.54, 1.807) is 6.07 Å². The minimum atomic E-state index is -3.77. The third-order valence-corrected chi connectivity index (χ3v) is 6.85. The van der Waals surface area contributed by atoms with E-state index in [1.165, 1.54) is 12.1 Å². The van der Waals surface area contributed by atoms with Gasteiger partial charge in [-0.2, -0.15) is 0 Å². The van der Waals surface area contributed by atoms with Crippen LogP contribution in [0.25, 0.3) is 0 Å². The average Bonchev–Trinajstić information content (AvgIpc) is 3.11. The van der Waals surface area contributed by atoms with Crippen molar-refractivity contribution in [3.05, 3.63) is 63.6 Å². The number of nitrogens with one attached hydrogen (secondary N) is 1. The number of halogens is 2. The van der Waals surface area contributed by atoms with E-state index in [0.29, 0.717) is 13.0 Å². The molecule has 1 heterocycles. The molecule has 1 fully saturated rings. The lowest BCUT2D eigenvalue weighted by Gasteiger charge is -2.23. The highest BCUT2D eigenvalue weighted by Crippen LogP contribution is 2.33. The SMILES string of the molecule is CS(=O)(=O)N(CC(=O)NCc1cccc(CN2CCCC2=O)c1)c1cccc(Cl)c1Cl. The van der Waals surface area contributed by atoms with Gasteiger partial charge in [0.1, 0.15) is 6.54 Å². The summed E-state index contributed by atoms with van der Waals surface area (Å²) in [6.45, 7) is 1.09. The van der Waals surface area contributed by atoms with Crippen molar-refractivity contribution in [1.29, 1.82) is 0 Å². The standard InChI is InChI=1S/C21H23Cl2N3O4S/c1-31(29,30)26(18-8-3-7-17(22)21(18)23)14-19(27)24-12-15-5-2-6-16(11-15)13-25-10-4-9-20(25)28/h2-3,5-8,11H,4,9-10,12-14H2,1H3,(H,24,27). The van der Waals surface area contributed by atoms with E-state index in [-0.39, 0.29) is 28.2 Å². The van der Waals surface area contributed by atoms with Gasteiger partial charge in [-0.15, -0.1) is 0 Å². The molecule has 1 N–H and O–H groups in total. The monoisotopic (exact) mass is 483 g/mol. The summed E-state index contributed by atoms with van der Waals surface area (Å²) in [6.07, 6.45) is 2.46. The van der Waals surface area contributed by atoms with Crippen LogP contribution in [0.3, 0.4) is 0 Å². The van der Waals surface area contributed by atoms with Crippen molar-refractivity contribution in [2.75, 3.05) is 23.7 Å². The van der Waals surface area contributed by atoms with Crippen molar-refractivity contribution < 1.29 is 18.0 Å². The highest BCUT2D eigenvalue weighted by molar-refractivity contribution is 7.92. The van der Waals surface area contributed by atoms with Crippen molar-refractivity contribution in [3.8, 4) is 0 Å². The highest BCUT2D eigenvalue weighted by Gasteiger charge is 2.24. The topological polar surface area (TPSA) is 86.8 Å². The molecule has 0 radical (unpaired) electrons. The number of hydrogen-bond donors (Lipinski definition) is 1. The molecule has 2 aromatic carbocycles. The van der Waals surface area contributed by atoms with E-state index in [1.807, 2.05) is 29.2 Å². The minimum Gasteiger partial charge on any atom is -0.350 e. The Hall–Kier alpha value is -2.29. The van der Waals surface area contributed by atoms with E-state index >= 15 is 0 Å². The van der Waals surface area contributed by atoms with Crippen LogP contribution < -0.4 is 9.62 Å². The minimum absolute atomic E-state index is 0.0616. The summed E-state index contributed by atoms with van der Waals surface area (Å²) >= 11 is 12.1. The smallest absolute Gasteiger partial charge is 0.241 e. The molecule has 1 saturated heterocycles. The largest absolute Gasteiger partial charge is 0.350 e. The van der Waals surface area contributed by atoms with E-state index in [0.717, 1.165) is 34.7 Å². The lowest BCUT2D eigenvalue weighted by molar-refractivity contribution is -0.128. The van der Waals surface area contributed by atoms with Crippen molar-refractivity contribution in [3.63, 3.8) is 0 Å². The molecule has 0 aliphatic carbocycles. The lowest BCUT2D eigenvalue weighted by atomic mass is 10.1. The number of sulfonamides is 1. The number of hydrogen-bond acceptors (Lipinski definition) is 4. The molecule has 31 heavy (non-hydrogen) atoms. The number of anilines is 1. The molecule has 0 bridgehead atoms. The van der Waals surface area contributed by atoms with Gasteiger partial charge in [-0.25, -0.2) is 8.42 Å². The first-order valence-corrected chi connectivity index (χ1v) is 12.3. The highest BCUT2D eigenvalue weighted by atomic mass is 35.5. The van der Waals surface area contributed by atoms with Crippen LogP contribution in [0.5, 0.6) is 0 Å². The first-order valence-electron chi connectivity index (χ1n) is 9.69. The van der Waals surface area contributed by atoms with E-state index in [9.17, 15) is 18.0 Å². The van der Waals surface area contributed by atoms with Crippen LogP contribution in [0, 0.1) is 0 Å². The van der Waals surface area contributed by atoms with Gasteiger partial charge < -0.3 is 10.2 Å². The normalized spacial score (nSPS) is 14.0. The molecule has 0 unspecified atom stereocenters. The Balaban J connectivity index is 1.65. The van der Waals surface area contributed by atoms with Crippen molar-refractivity contribution >= 4 is 50.7 Å². The Morgan fingerprint density at radius 1 is 1.16 bits per heavy atom. The average molecular weight is 484 g/mol. The van der Waals surface area contributed by atoms with Crippen LogP contribution in [0.4, 0.5) is 5.69 Å². The number of nitrogens with zero attached hydrogens (tertiary/aromatic N) is 2. The Labute approximate surface area is 192 Å². The maximum absolute atomic E-state index is 12.5. The molecule has 3 rings (SSSR count). The van der Waals surface area contributed by atoms with Gasteiger partial charge in [0.2, 0.25) is 21.8 Å². The Bertz CT molecular complexity index is 1090. The second-order valence-corrected chi connectivity index (χ2v) is 10.1. The fourth-order valence-corrected chi connectivity index (χ4v) is 4.69. The third-order valence-electron chi connectivity index (χ3n) is 4.91. The predicted octanol–water partition coefficient (Wildman–Crippen LogP) is 3.20. The fourth-order valence-electron chi connectivity index (χ4n) is 3.38. The maximum Gasteiger partial charge on any atom is 0.241 e. The number of amides is 2. The molecule has 2 aromatic rings. The molecule has 1 aliphatic heterocycles. The van der Waals surface area contributed by atoms with Crippen LogP contribution in [0.1, 0.15) is 24.0 Å². The summed E-state index contributed by atoms with van der Waals surface area (Å²) in [6, 6.07) is 12.2. The van der Waals surface area contributed by atoms with Crippen LogP contribution in [0.15, 0.2) is 42.5 Å². The van der Waals surface area contributed by atoms with E-state index < -0.39 is 22.5 Å². The van der Waals surface area contributed by atoms with Gasteiger partial charge in [-0.05, 0) is 29.7 Å². The van der Waals surface area contributed by atoms with Crippen molar-refractivity contribution in [2.24, 2.45) is 0 Å². The first-order chi connectivity index (χ1) is 14.6. The second-order valence-electron chi connectivity index (χ2n) is 7.36. The van der Waals surface area contributed by atoms with Crippen LogP contribution in [-0.4, -0.2) is 44.5 Å². The van der Waals surface area contributed by atoms with Crippen LogP contribution >= 0.6 is 23.2 Å². The summed E-state index contributed by atoms with van der Waals surface area (Å²) in [5.41, 5.74) is 1.97. The zero-order valence-electron chi connectivity index (χ0n) is 17.0. The van der Waals surface area contributed by atoms with Gasteiger partial charge in [0.25, 0.3) is 0 Å². The van der Waals surface area contributed by atoms with Gasteiger partial charge in [0.05, 0.1) is 22.0 Å². The molecule has 2 amide bonds. The Kier molecular flexibility index (Phi) is 7.46. The van der Waals surface area contributed by atoms with Gasteiger partial charge in [-0.1, -0.05) is 53.5 Å². The van der Waals surface area contributed by atoms with Crippen molar-refractivity contribution in [1.82, 2.24) is 10.2 Å². The van der Waals surface area contributed by atoms with Crippen LogP contribution in [-0.2, 0) is 32.7 Å². The second kappa shape index (κ2) is 9.89. The summed E-state index contributed by atoms with van der Waals surface area (Å²) < 4.78 is 25.4. The molecule has 0 aromatic heterocycles. The number of likely N-dealkylation sites (tertiary alicyclic amines) is 1. The fraction of sp³-hybridized carbons (Fsp3) is 0.333. The number of benzene rings is 2. The quantitative estimate of drug-likeness (QED) is 0.624. The molecule has 0 spiro atoms. The molecule has 7 nitrogen and oxygen atoms in total. The molecule has 166 valence electrons. The number of carbonyl (C=O) groups is 2. The van der Waals surface area contributed by atoms with E-state index in [2.05, 4.69) is 5.32 Å². The van der Waals surface area contributed by atoms with Crippen molar-refractivity contribution in [2.45, 2.75) is 25.9 Å². The summed E-state index contributed by atoms with van der Waals surface area (Å²) in [5, 5.41) is 2.99. The molecule has 0 saturated carbocycles. The first kappa shape index (κ1) is 23.4. The molecule has 10 heteroatoms. The van der Waals surface area contributed by atoms with Gasteiger partial charge in [0.15, 0.2) is 0 Å². The van der Waals surface area contributed by atoms with Gasteiger partial charge in [0, 0.05) is 26.1 Å². The molecular formula is C21H23Cl2N3O4S. The summed E-state index contributed by atoms with van der Waals surface area (Å²) in [5.74, 6) is -0.333. The predicted molar refractivity (Wildman–Crippen MR) is 122 cm³/mol. The number of rotatable bonds is 8. The summed E-state index contributed by atoms with van der Waals surface area (Å²) in [7, 11) is -3.77. The maximum atomic E-state index is 12.5. The Morgan fingerprint density at radius 2 is 1.87 bits per heavy atom. The Morgan fingerprint density at radius 3 is 2.55 bits per heavy atom. The zero-order valence-corrected chi connectivity index (χ0v) is 19.3. The molecule has 1 aliphatic rings. The molecule has 0 atom stereocenters. The lowest BCUT2D eigenvalue weighted by Crippen LogP contribution is -2.40. The van der Waals surface area contributed by atoms with E-state index in [4.69, 9.17) is 23.2 Å².